The highest BCUT2D eigenvalue weighted by molar-refractivity contribution is 6.08. The van der Waals surface area contributed by atoms with Gasteiger partial charge in [-0.25, -0.2) is 4.98 Å². The number of nitrogens with zero attached hydrogens (tertiary/aromatic N) is 1. The predicted octanol–water partition coefficient (Wildman–Crippen LogP) is 1.97. The summed E-state index contributed by atoms with van der Waals surface area (Å²) in [6, 6.07) is 7.47. The van der Waals surface area contributed by atoms with Crippen LogP contribution in [-0.4, -0.2) is 30.1 Å². The largest absolute Gasteiger partial charge is 0.383 e. The number of pyridine rings is 1. The summed E-state index contributed by atoms with van der Waals surface area (Å²) in [4.78, 5) is 16.2. The minimum atomic E-state index is -0.166. The lowest BCUT2D eigenvalue weighted by molar-refractivity contribution is 0.0747. The molecule has 0 fully saturated rings. The third-order valence-corrected chi connectivity index (χ3v) is 2.91. The van der Waals surface area contributed by atoms with Crippen LogP contribution in [0.2, 0.25) is 0 Å². The van der Waals surface area contributed by atoms with Crippen molar-refractivity contribution in [3.8, 4) is 0 Å². The fourth-order valence-electron chi connectivity index (χ4n) is 1.95. The minimum absolute atomic E-state index is 0.158. The van der Waals surface area contributed by atoms with E-state index in [1.807, 2.05) is 38.1 Å². The summed E-state index contributed by atoms with van der Waals surface area (Å²) in [5, 5.41) is 4.42. The fourth-order valence-corrected chi connectivity index (χ4v) is 1.95. The first-order valence-corrected chi connectivity index (χ1v) is 6.62. The standard InChI is InChI=1S/C15H19N3O2/c1-10(2)20-8-7-17-15(19)13-9-18-14(16)12-6-4-3-5-11(12)13/h3-6,9-10H,7-8H2,1-2H3,(H2,16,18)(H,17,19). The Hall–Kier alpha value is -2.14. The van der Waals surface area contributed by atoms with Crippen LogP contribution in [0.3, 0.4) is 0 Å². The molecule has 0 saturated heterocycles. The topological polar surface area (TPSA) is 77.2 Å². The van der Waals surface area contributed by atoms with Crippen molar-refractivity contribution in [2.75, 3.05) is 18.9 Å². The Balaban J connectivity index is 2.12. The molecule has 1 heterocycles. The molecule has 1 aromatic heterocycles. The molecule has 5 nitrogen and oxygen atoms in total. The Kier molecular flexibility index (Phi) is 4.53. The molecule has 1 amide bonds. The van der Waals surface area contributed by atoms with Gasteiger partial charge in [0.1, 0.15) is 5.82 Å². The molecule has 0 aliphatic rings. The average molecular weight is 273 g/mol. The highest BCUT2D eigenvalue weighted by Gasteiger charge is 2.11. The molecular weight excluding hydrogens is 254 g/mol. The molecule has 5 heteroatoms. The van der Waals surface area contributed by atoms with E-state index in [1.165, 1.54) is 6.20 Å². The van der Waals surface area contributed by atoms with Crippen LogP contribution >= 0.6 is 0 Å². The number of benzene rings is 1. The SMILES string of the molecule is CC(C)OCCNC(=O)c1cnc(N)c2ccccc12. The molecule has 3 N–H and O–H groups in total. The van der Waals surface area contributed by atoms with Gasteiger partial charge >= 0.3 is 0 Å². The molecule has 0 unspecified atom stereocenters. The van der Waals surface area contributed by atoms with Crippen LogP contribution in [0.25, 0.3) is 10.8 Å². The summed E-state index contributed by atoms with van der Waals surface area (Å²) in [5.41, 5.74) is 6.34. The molecule has 2 rings (SSSR count). The van der Waals surface area contributed by atoms with Crippen LogP contribution in [0, 0.1) is 0 Å². The third kappa shape index (κ3) is 3.24. The van der Waals surface area contributed by atoms with Crippen molar-refractivity contribution in [3.05, 3.63) is 36.0 Å². The van der Waals surface area contributed by atoms with Crippen LogP contribution in [-0.2, 0) is 4.74 Å². The van der Waals surface area contributed by atoms with Gasteiger partial charge in [0.15, 0.2) is 0 Å². The first-order chi connectivity index (χ1) is 9.59. The van der Waals surface area contributed by atoms with Crippen LogP contribution in [0.5, 0.6) is 0 Å². The normalized spacial score (nSPS) is 10.9. The monoisotopic (exact) mass is 273 g/mol. The molecule has 0 aliphatic carbocycles. The average Bonchev–Trinajstić information content (AvgIpc) is 2.44. The Morgan fingerprint density at radius 1 is 1.35 bits per heavy atom. The number of nitrogens with two attached hydrogens (primary N) is 1. The number of fused-ring (bicyclic) bond motifs is 1. The number of hydrogen-bond donors (Lipinski definition) is 2. The van der Waals surface area contributed by atoms with Gasteiger partial charge in [-0.1, -0.05) is 24.3 Å². The maximum Gasteiger partial charge on any atom is 0.253 e. The number of carbonyl (C=O) groups is 1. The summed E-state index contributed by atoms with van der Waals surface area (Å²) >= 11 is 0. The van der Waals surface area contributed by atoms with Gasteiger partial charge in [-0.3, -0.25) is 4.79 Å². The zero-order chi connectivity index (χ0) is 14.5. The van der Waals surface area contributed by atoms with Crippen molar-refractivity contribution in [1.82, 2.24) is 10.3 Å². The highest BCUT2D eigenvalue weighted by atomic mass is 16.5. The van der Waals surface area contributed by atoms with E-state index in [9.17, 15) is 4.79 Å². The molecule has 0 bridgehead atoms. The van der Waals surface area contributed by atoms with Gasteiger partial charge in [0.05, 0.1) is 18.3 Å². The van der Waals surface area contributed by atoms with Crippen LogP contribution in [0.1, 0.15) is 24.2 Å². The summed E-state index contributed by atoms with van der Waals surface area (Å²) in [5.74, 6) is 0.265. The molecular formula is C15H19N3O2. The molecule has 0 atom stereocenters. The van der Waals surface area contributed by atoms with E-state index in [0.29, 0.717) is 24.5 Å². The Morgan fingerprint density at radius 3 is 2.75 bits per heavy atom. The first-order valence-electron chi connectivity index (χ1n) is 6.62. The van der Waals surface area contributed by atoms with E-state index in [-0.39, 0.29) is 12.0 Å². The van der Waals surface area contributed by atoms with Crippen molar-refractivity contribution in [3.63, 3.8) is 0 Å². The number of nitrogen functional groups attached to an aromatic ring is 1. The number of carbonyl (C=O) groups excluding carboxylic acids is 1. The summed E-state index contributed by atoms with van der Waals surface area (Å²) < 4.78 is 5.38. The predicted molar refractivity (Wildman–Crippen MR) is 79.6 cm³/mol. The van der Waals surface area contributed by atoms with Crippen molar-refractivity contribution in [2.45, 2.75) is 20.0 Å². The number of nitrogens with one attached hydrogen (secondary N) is 1. The van der Waals surface area contributed by atoms with Gasteiger partial charge in [0.2, 0.25) is 0 Å². The number of rotatable bonds is 5. The van der Waals surface area contributed by atoms with Gasteiger partial charge in [-0.05, 0) is 19.2 Å². The van der Waals surface area contributed by atoms with Gasteiger partial charge in [0, 0.05) is 18.1 Å². The lowest BCUT2D eigenvalue weighted by Gasteiger charge is -2.10. The fraction of sp³-hybridized carbons (Fsp3) is 0.333. The second kappa shape index (κ2) is 6.34. The molecule has 20 heavy (non-hydrogen) atoms. The number of ether oxygens (including phenoxy) is 1. The zero-order valence-corrected chi connectivity index (χ0v) is 11.7. The van der Waals surface area contributed by atoms with E-state index < -0.39 is 0 Å². The molecule has 0 aliphatic heterocycles. The number of anilines is 1. The van der Waals surface area contributed by atoms with Crippen LogP contribution < -0.4 is 11.1 Å². The Labute approximate surface area is 118 Å². The van der Waals surface area contributed by atoms with Crippen molar-refractivity contribution in [1.29, 1.82) is 0 Å². The molecule has 0 spiro atoms. The smallest absolute Gasteiger partial charge is 0.253 e. The van der Waals surface area contributed by atoms with Gasteiger partial charge in [-0.2, -0.15) is 0 Å². The quantitative estimate of drug-likeness (QED) is 0.816. The minimum Gasteiger partial charge on any atom is -0.383 e. The van der Waals surface area contributed by atoms with E-state index in [1.54, 1.807) is 0 Å². The van der Waals surface area contributed by atoms with Crippen molar-refractivity contribution in [2.24, 2.45) is 0 Å². The van der Waals surface area contributed by atoms with Gasteiger partial charge < -0.3 is 15.8 Å². The van der Waals surface area contributed by atoms with Crippen molar-refractivity contribution >= 4 is 22.5 Å². The molecule has 0 saturated carbocycles. The number of aromatic nitrogens is 1. The maximum atomic E-state index is 12.2. The van der Waals surface area contributed by atoms with E-state index in [4.69, 9.17) is 10.5 Å². The van der Waals surface area contributed by atoms with E-state index >= 15 is 0 Å². The third-order valence-electron chi connectivity index (χ3n) is 2.91. The summed E-state index contributed by atoms with van der Waals surface area (Å²) in [6.45, 7) is 4.87. The van der Waals surface area contributed by atoms with Crippen molar-refractivity contribution < 1.29 is 9.53 Å². The Bertz CT molecular complexity index is 611. The van der Waals surface area contributed by atoms with E-state index in [0.717, 1.165) is 10.8 Å². The molecule has 2 aromatic rings. The maximum absolute atomic E-state index is 12.2. The lowest BCUT2D eigenvalue weighted by atomic mass is 10.1. The van der Waals surface area contributed by atoms with E-state index in [2.05, 4.69) is 10.3 Å². The zero-order valence-electron chi connectivity index (χ0n) is 11.7. The first kappa shape index (κ1) is 14.3. The van der Waals surface area contributed by atoms with Crippen LogP contribution in [0.15, 0.2) is 30.5 Å². The molecule has 0 radical (unpaired) electrons. The van der Waals surface area contributed by atoms with Crippen LogP contribution in [0.4, 0.5) is 5.82 Å². The number of hydrogen-bond acceptors (Lipinski definition) is 4. The summed E-state index contributed by atoms with van der Waals surface area (Å²) in [6.07, 6.45) is 1.67. The lowest BCUT2D eigenvalue weighted by Crippen LogP contribution is -2.28. The molecule has 106 valence electrons. The Morgan fingerprint density at radius 2 is 2.05 bits per heavy atom. The van der Waals surface area contributed by atoms with Gasteiger partial charge in [0.25, 0.3) is 5.91 Å². The highest BCUT2D eigenvalue weighted by Crippen LogP contribution is 2.22. The number of amides is 1. The summed E-state index contributed by atoms with van der Waals surface area (Å²) in [7, 11) is 0. The second-order valence-electron chi connectivity index (χ2n) is 4.78. The molecule has 1 aromatic carbocycles. The second-order valence-corrected chi connectivity index (χ2v) is 4.78. The van der Waals surface area contributed by atoms with Gasteiger partial charge in [-0.15, -0.1) is 0 Å².